The van der Waals surface area contributed by atoms with Crippen LogP contribution in [-0.4, -0.2) is 12.6 Å². The Hall–Kier alpha value is -0.0800. The minimum atomic E-state index is 0.304. The summed E-state index contributed by atoms with van der Waals surface area (Å²) in [6, 6.07) is 0.304. The van der Waals surface area contributed by atoms with Crippen LogP contribution in [0.3, 0.4) is 0 Å². The Bertz CT molecular complexity index is 57.9. The Balaban J connectivity index is 3.31. The molecule has 0 bridgehead atoms. The van der Waals surface area contributed by atoms with Gasteiger partial charge in [-0.2, -0.15) is 0 Å². The van der Waals surface area contributed by atoms with Gasteiger partial charge in [0.05, 0.1) is 0 Å². The van der Waals surface area contributed by atoms with Crippen LogP contribution in [0.15, 0.2) is 0 Å². The van der Waals surface area contributed by atoms with E-state index in [4.69, 9.17) is 11.5 Å². The van der Waals surface area contributed by atoms with Crippen molar-refractivity contribution in [2.75, 3.05) is 6.54 Å². The topological polar surface area (TPSA) is 52.0 Å². The summed E-state index contributed by atoms with van der Waals surface area (Å²) in [5.74, 6) is 0.630. The Labute approximate surface area is 57.6 Å². The number of nitrogens with two attached hydrogens (primary N) is 2. The molecule has 9 heavy (non-hydrogen) atoms. The Kier molecular flexibility index (Phi) is 4.72. The molecule has 56 valence electrons. The highest BCUT2D eigenvalue weighted by atomic mass is 14.6. The molecule has 0 aliphatic heterocycles. The van der Waals surface area contributed by atoms with Crippen molar-refractivity contribution in [2.45, 2.75) is 32.7 Å². The van der Waals surface area contributed by atoms with Crippen LogP contribution in [0.25, 0.3) is 0 Å². The summed E-state index contributed by atoms with van der Waals surface area (Å²) in [6.07, 6.45) is 2.21. The second-order valence-corrected chi connectivity index (χ2v) is 2.72. The molecule has 0 amide bonds. The smallest absolute Gasteiger partial charge is 0.00135 e. The predicted molar refractivity (Wildman–Crippen MR) is 41.1 cm³/mol. The lowest BCUT2D eigenvalue weighted by atomic mass is 9.99. The van der Waals surface area contributed by atoms with Crippen LogP contribution < -0.4 is 11.5 Å². The highest BCUT2D eigenvalue weighted by Crippen LogP contribution is 2.06. The molecular formula is C7H18N2. The van der Waals surface area contributed by atoms with Crippen LogP contribution in [-0.2, 0) is 0 Å². The van der Waals surface area contributed by atoms with Crippen LogP contribution in [0, 0.1) is 5.92 Å². The van der Waals surface area contributed by atoms with Crippen molar-refractivity contribution in [1.82, 2.24) is 0 Å². The van der Waals surface area contributed by atoms with E-state index < -0.39 is 0 Å². The molecule has 0 heterocycles. The molecule has 0 aromatic heterocycles. The third-order valence-corrected chi connectivity index (χ3v) is 1.62. The van der Waals surface area contributed by atoms with E-state index >= 15 is 0 Å². The van der Waals surface area contributed by atoms with Gasteiger partial charge in [0.25, 0.3) is 0 Å². The fourth-order valence-electron chi connectivity index (χ4n) is 0.955. The van der Waals surface area contributed by atoms with Gasteiger partial charge in [-0.3, -0.25) is 0 Å². The lowest BCUT2D eigenvalue weighted by Gasteiger charge is -2.13. The summed E-state index contributed by atoms with van der Waals surface area (Å²) in [4.78, 5) is 0. The largest absolute Gasteiger partial charge is 0.330 e. The lowest BCUT2D eigenvalue weighted by Crippen LogP contribution is -2.23. The highest BCUT2D eigenvalue weighted by Gasteiger charge is 2.05. The van der Waals surface area contributed by atoms with Crippen LogP contribution in [0.2, 0.25) is 0 Å². The summed E-state index contributed by atoms with van der Waals surface area (Å²) >= 11 is 0. The SMILES string of the molecule is CCC(CN)CC(C)N. The number of hydrogen-bond donors (Lipinski definition) is 2. The van der Waals surface area contributed by atoms with Crippen LogP contribution in [0.4, 0.5) is 0 Å². The van der Waals surface area contributed by atoms with Gasteiger partial charge in [0.15, 0.2) is 0 Å². The van der Waals surface area contributed by atoms with Crippen molar-refractivity contribution in [1.29, 1.82) is 0 Å². The highest BCUT2D eigenvalue weighted by molar-refractivity contribution is 4.63. The molecule has 0 fully saturated rings. The van der Waals surface area contributed by atoms with E-state index in [2.05, 4.69) is 6.92 Å². The maximum atomic E-state index is 5.59. The second kappa shape index (κ2) is 4.77. The molecule has 0 aromatic rings. The van der Waals surface area contributed by atoms with Crippen LogP contribution >= 0.6 is 0 Å². The predicted octanol–water partition coefficient (Wildman–Crippen LogP) is 0.709. The van der Waals surface area contributed by atoms with E-state index in [-0.39, 0.29) is 0 Å². The first-order valence-corrected chi connectivity index (χ1v) is 3.66. The summed E-state index contributed by atoms with van der Waals surface area (Å²) in [5, 5.41) is 0. The van der Waals surface area contributed by atoms with Crippen LogP contribution in [0.5, 0.6) is 0 Å². The maximum absolute atomic E-state index is 5.59. The van der Waals surface area contributed by atoms with Gasteiger partial charge in [0.1, 0.15) is 0 Å². The van der Waals surface area contributed by atoms with Gasteiger partial charge in [-0.25, -0.2) is 0 Å². The zero-order chi connectivity index (χ0) is 7.28. The third-order valence-electron chi connectivity index (χ3n) is 1.62. The van der Waals surface area contributed by atoms with Crippen LogP contribution in [0.1, 0.15) is 26.7 Å². The van der Waals surface area contributed by atoms with Crippen molar-refractivity contribution in [3.05, 3.63) is 0 Å². The molecule has 0 aliphatic rings. The van der Waals surface area contributed by atoms with Gasteiger partial charge >= 0.3 is 0 Å². The zero-order valence-corrected chi connectivity index (χ0v) is 6.43. The second-order valence-electron chi connectivity index (χ2n) is 2.72. The normalized spacial score (nSPS) is 17.3. The fourth-order valence-corrected chi connectivity index (χ4v) is 0.955. The first-order chi connectivity index (χ1) is 4.20. The van der Waals surface area contributed by atoms with E-state index in [9.17, 15) is 0 Å². The third kappa shape index (κ3) is 4.43. The van der Waals surface area contributed by atoms with E-state index in [1.54, 1.807) is 0 Å². The molecule has 0 saturated carbocycles. The van der Waals surface area contributed by atoms with Gasteiger partial charge in [-0.1, -0.05) is 13.3 Å². The molecule has 2 atom stereocenters. The average Bonchev–Trinajstić information content (AvgIpc) is 1.82. The molecule has 0 aliphatic carbocycles. The summed E-state index contributed by atoms with van der Waals surface area (Å²) in [5.41, 5.74) is 11.1. The van der Waals surface area contributed by atoms with Gasteiger partial charge in [-0.05, 0) is 25.8 Å². The van der Waals surface area contributed by atoms with Gasteiger partial charge in [0.2, 0.25) is 0 Å². The molecule has 0 spiro atoms. The number of rotatable bonds is 4. The molecule has 2 unspecified atom stereocenters. The molecule has 2 heteroatoms. The van der Waals surface area contributed by atoms with Crippen molar-refractivity contribution in [2.24, 2.45) is 17.4 Å². The van der Waals surface area contributed by atoms with Crippen molar-refractivity contribution >= 4 is 0 Å². The molecular weight excluding hydrogens is 112 g/mol. The van der Waals surface area contributed by atoms with Gasteiger partial charge in [0, 0.05) is 6.04 Å². The maximum Gasteiger partial charge on any atom is 0.00135 e. The average molecular weight is 130 g/mol. The monoisotopic (exact) mass is 130 g/mol. The van der Waals surface area contributed by atoms with Crippen molar-refractivity contribution < 1.29 is 0 Å². The van der Waals surface area contributed by atoms with E-state index in [1.807, 2.05) is 6.92 Å². The minimum Gasteiger partial charge on any atom is -0.330 e. The number of hydrogen-bond acceptors (Lipinski definition) is 2. The zero-order valence-electron chi connectivity index (χ0n) is 6.43. The van der Waals surface area contributed by atoms with Crippen molar-refractivity contribution in [3.8, 4) is 0 Å². The van der Waals surface area contributed by atoms with E-state index in [1.165, 1.54) is 0 Å². The Morgan fingerprint density at radius 3 is 2.11 bits per heavy atom. The van der Waals surface area contributed by atoms with Gasteiger partial charge in [-0.15, -0.1) is 0 Å². The first-order valence-electron chi connectivity index (χ1n) is 3.66. The summed E-state index contributed by atoms with van der Waals surface area (Å²) < 4.78 is 0. The first kappa shape index (κ1) is 8.92. The standard InChI is InChI=1S/C7H18N2/c1-3-7(5-8)4-6(2)9/h6-7H,3-5,8-9H2,1-2H3. The molecule has 2 nitrogen and oxygen atoms in total. The van der Waals surface area contributed by atoms with E-state index in [0.717, 1.165) is 19.4 Å². The van der Waals surface area contributed by atoms with Crippen molar-refractivity contribution in [3.63, 3.8) is 0 Å². The fraction of sp³-hybridized carbons (Fsp3) is 1.00. The summed E-state index contributed by atoms with van der Waals surface area (Å²) in [6.45, 7) is 4.95. The minimum absolute atomic E-state index is 0.304. The quantitative estimate of drug-likeness (QED) is 0.589. The summed E-state index contributed by atoms with van der Waals surface area (Å²) in [7, 11) is 0. The molecule has 0 radical (unpaired) electrons. The van der Waals surface area contributed by atoms with Gasteiger partial charge < -0.3 is 11.5 Å². The molecule has 0 rings (SSSR count). The lowest BCUT2D eigenvalue weighted by molar-refractivity contribution is 0.442. The molecule has 4 N–H and O–H groups in total. The Morgan fingerprint density at radius 2 is 2.00 bits per heavy atom. The van der Waals surface area contributed by atoms with E-state index in [0.29, 0.717) is 12.0 Å². The molecule has 0 saturated heterocycles. The Morgan fingerprint density at radius 1 is 1.44 bits per heavy atom. The molecule has 0 aromatic carbocycles.